The average molecular weight is 234 g/mol. The molecule has 0 fully saturated rings. The largest absolute Gasteiger partial charge is 0.320 e. The summed E-state index contributed by atoms with van der Waals surface area (Å²) in [7, 11) is 1.78. The molecule has 1 aromatic rings. The third-order valence-electron chi connectivity index (χ3n) is 2.84. The van der Waals surface area contributed by atoms with Crippen LogP contribution in [0, 0.1) is 13.8 Å². The van der Waals surface area contributed by atoms with Crippen molar-refractivity contribution in [2.24, 2.45) is 5.73 Å². The van der Waals surface area contributed by atoms with E-state index in [1.807, 2.05) is 32.9 Å². The maximum atomic E-state index is 12.1. The first-order chi connectivity index (χ1) is 7.95. The summed E-state index contributed by atoms with van der Waals surface area (Å²) in [4.78, 5) is 13.7. The van der Waals surface area contributed by atoms with Crippen molar-refractivity contribution >= 4 is 11.6 Å². The monoisotopic (exact) mass is 234 g/mol. The van der Waals surface area contributed by atoms with Gasteiger partial charge in [-0.3, -0.25) is 4.79 Å². The molecule has 3 heteroatoms. The summed E-state index contributed by atoms with van der Waals surface area (Å²) in [6.45, 7) is 6.09. The summed E-state index contributed by atoms with van der Waals surface area (Å²) in [5, 5.41) is 0. The van der Waals surface area contributed by atoms with Gasteiger partial charge < -0.3 is 10.6 Å². The van der Waals surface area contributed by atoms with Gasteiger partial charge in [0.1, 0.15) is 0 Å². The van der Waals surface area contributed by atoms with Crippen LogP contribution in [0.5, 0.6) is 0 Å². The number of nitrogens with zero attached hydrogens (tertiary/aromatic N) is 1. The van der Waals surface area contributed by atoms with Gasteiger partial charge >= 0.3 is 0 Å². The van der Waals surface area contributed by atoms with E-state index in [0.717, 1.165) is 29.7 Å². The molecule has 1 atom stereocenters. The molecule has 0 saturated heterocycles. The van der Waals surface area contributed by atoms with E-state index in [1.54, 1.807) is 11.9 Å². The molecule has 1 rings (SSSR count). The van der Waals surface area contributed by atoms with Crippen LogP contribution in [-0.4, -0.2) is 19.0 Å². The van der Waals surface area contributed by atoms with E-state index in [0.29, 0.717) is 0 Å². The molecule has 0 saturated carbocycles. The number of aryl methyl sites for hydroxylation is 2. The molecule has 0 aromatic heterocycles. The van der Waals surface area contributed by atoms with Crippen LogP contribution in [0.2, 0.25) is 0 Å². The zero-order chi connectivity index (χ0) is 13.0. The van der Waals surface area contributed by atoms with E-state index in [1.165, 1.54) is 0 Å². The zero-order valence-corrected chi connectivity index (χ0v) is 11.2. The van der Waals surface area contributed by atoms with Gasteiger partial charge in [-0.05, 0) is 43.5 Å². The Kier molecular flexibility index (Phi) is 4.70. The molecule has 0 unspecified atom stereocenters. The molecule has 94 valence electrons. The topological polar surface area (TPSA) is 46.3 Å². The highest BCUT2D eigenvalue weighted by atomic mass is 16.2. The van der Waals surface area contributed by atoms with Gasteiger partial charge in [0.2, 0.25) is 5.91 Å². The van der Waals surface area contributed by atoms with Crippen molar-refractivity contribution in [3.05, 3.63) is 29.3 Å². The molecule has 0 spiro atoms. The van der Waals surface area contributed by atoms with Gasteiger partial charge in [-0.15, -0.1) is 0 Å². The maximum Gasteiger partial charge on any atom is 0.243 e. The zero-order valence-electron chi connectivity index (χ0n) is 11.2. The summed E-state index contributed by atoms with van der Waals surface area (Å²) in [5.41, 5.74) is 9.08. The number of carbonyl (C=O) groups is 1. The van der Waals surface area contributed by atoms with Crippen molar-refractivity contribution in [2.75, 3.05) is 11.9 Å². The van der Waals surface area contributed by atoms with Crippen LogP contribution in [0.15, 0.2) is 18.2 Å². The third-order valence-corrected chi connectivity index (χ3v) is 2.84. The molecular weight excluding hydrogens is 212 g/mol. The molecule has 0 bridgehead atoms. The number of likely N-dealkylation sites (N-methyl/N-ethyl adjacent to an activating group) is 1. The number of anilines is 1. The summed E-state index contributed by atoms with van der Waals surface area (Å²) in [6, 6.07) is 5.70. The molecular formula is C14H22N2O. The fraction of sp³-hybridized carbons (Fsp3) is 0.500. The predicted molar refractivity (Wildman–Crippen MR) is 72.2 cm³/mol. The van der Waals surface area contributed by atoms with Crippen molar-refractivity contribution in [1.29, 1.82) is 0 Å². The Labute approximate surface area is 104 Å². The van der Waals surface area contributed by atoms with Gasteiger partial charge in [-0.1, -0.05) is 19.4 Å². The first-order valence-electron chi connectivity index (χ1n) is 6.07. The average Bonchev–Trinajstić information content (AvgIpc) is 2.26. The number of carbonyl (C=O) groups excluding carboxylic acids is 1. The minimum Gasteiger partial charge on any atom is -0.320 e. The molecule has 0 aliphatic heterocycles. The van der Waals surface area contributed by atoms with Gasteiger partial charge in [0, 0.05) is 12.7 Å². The van der Waals surface area contributed by atoms with Crippen LogP contribution >= 0.6 is 0 Å². The van der Waals surface area contributed by atoms with E-state index < -0.39 is 6.04 Å². The summed E-state index contributed by atoms with van der Waals surface area (Å²) < 4.78 is 0. The Bertz CT molecular complexity index is 381. The Hall–Kier alpha value is -1.35. The highest BCUT2D eigenvalue weighted by Gasteiger charge is 2.18. The SMILES string of the molecule is CCC[C@@H](N)C(=O)N(C)c1cc(C)cc(C)c1. The molecule has 2 N–H and O–H groups in total. The first-order valence-corrected chi connectivity index (χ1v) is 6.07. The number of amides is 1. The van der Waals surface area contributed by atoms with Gasteiger partial charge in [-0.2, -0.15) is 0 Å². The lowest BCUT2D eigenvalue weighted by atomic mass is 10.1. The van der Waals surface area contributed by atoms with E-state index in [4.69, 9.17) is 5.73 Å². The van der Waals surface area contributed by atoms with E-state index in [9.17, 15) is 4.79 Å². The van der Waals surface area contributed by atoms with Crippen molar-refractivity contribution in [1.82, 2.24) is 0 Å². The Morgan fingerprint density at radius 3 is 2.29 bits per heavy atom. The maximum absolute atomic E-state index is 12.1. The number of rotatable bonds is 4. The summed E-state index contributed by atoms with van der Waals surface area (Å²) >= 11 is 0. The second-order valence-corrected chi connectivity index (χ2v) is 4.64. The van der Waals surface area contributed by atoms with Crippen LogP contribution in [0.4, 0.5) is 5.69 Å². The van der Waals surface area contributed by atoms with E-state index in [2.05, 4.69) is 6.07 Å². The standard InChI is InChI=1S/C14H22N2O/c1-5-6-13(15)14(17)16(4)12-8-10(2)7-11(3)9-12/h7-9,13H,5-6,15H2,1-4H3/t13-/m1/s1. The van der Waals surface area contributed by atoms with Crippen LogP contribution in [0.1, 0.15) is 30.9 Å². The Balaban J connectivity index is 2.88. The molecule has 0 aliphatic rings. The molecule has 0 aliphatic carbocycles. The Morgan fingerprint density at radius 2 is 1.82 bits per heavy atom. The highest BCUT2D eigenvalue weighted by Crippen LogP contribution is 2.18. The second-order valence-electron chi connectivity index (χ2n) is 4.64. The fourth-order valence-corrected chi connectivity index (χ4v) is 1.95. The lowest BCUT2D eigenvalue weighted by Crippen LogP contribution is -2.41. The Morgan fingerprint density at radius 1 is 1.29 bits per heavy atom. The van der Waals surface area contributed by atoms with Gasteiger partial charge in [0.25, 0.3) is 0 Å². The van der Waals surface area contributed by atoms with Crippen LogP contribution in [0.25, 0.3) is 0 Å². The number of hydrogen-bond donors (Lipinski definition) is 1. The molecule has 3 nitrogen and oxygen atoms in total. The first kappa shape index (κ1) is 13.7. The van der Waals surface area contributed by atoms with Gasteiger partial charge in [0.15, 0.2) is 0 Å². The third kappa shape index (κ3) is 3.56. The minimum absolute atomic E-state index is 0.0168. The molecule has 0 heterocycles. The smallest absolute Gasteiger partial charge is 0.243 e. The molecule has 0 radical (unpaired) electrons. The quantitative estimate of drug-likeness (QED) is 0.869. The molecule has 1 aromatic carbocycles. The van der Waals surface area contributed by atoms with Gasteiger partial charge in [-0.25, -0.2) is 0 Å². The predicted octanol–water partition coefficient (Wildman–Crippen LogP) is 2.39. The second kappa shape index (κ2) is 5.82. The summed E-state index contributed by atoms with van der Waals surface area (Å²) in [5.74, 6) is -0.0168. The van der Waals surface area contributed by atoms with Crippen molar-refractivity contribution in [2.45, 2.75) is 39.7 Å². The number of nitrogens with two attached hydrogens (primary N) is 1. The molecule has 17 heavy (non-hydrogen) atoms. The van der Waals surface area contributed by atoms with Gasteiger partial charge in [0.05, 0.1) is 6.04 Å². The van der Waals surface area contributed by atoms with Crippen LogP contribution in [0.3, 0.4) is 0 Å². The van der Waals surface area contributed by atoms with E-state index >= 15 is 0 Å². The fourth-order valence-electron chi connectivity index (χ4n) is 1.95. The molecule has 1 amide bonds. The lowest BCUT2D eigenvalue weighted by molar-refractivity contribution is -0.119. The van der Waals surface area contributed by atoms with Crippen LogP contribution < -0.4 is 10.6 Å². The van der Waals surface area contributed by atoms with E-state index in [-0.39, 0.29) is 5.91 Å². The minimum atomic E-state index is -0.397. The van der Waals surface area contributed by atoms with Crippen molar-refractivity contribution in [3.8, 4) is 0 Å². The number of benzene rings is 1. The van der Waals surface area contributed by atoms with Crippen molar-refractivity contribution in [3.63, 3.8) is 0 Å². The lowest BCUT2D eigenvalue weighted by Gasteiger charge is -2.22. The van der Waals surface area contributed by atoms with Crippen LogP contribution in [-0.2, 0) is 4.79 Å². The normalized spacial score (nSPS) is 12.3. The summed E-state index contributed by atoms with van der Waals surface area (Å²) in [6.07, 6.45) is 1.65. The number of hydrogen-bond acceptors (Lipinski definition) is 2. The van der Waals surface area contributed by atoms with Crippen molar-refractivity contribution < 1.29 is 4.79 Å². The highest BCUT2D eigenvalue weighted by molar-refractivity contribution is 5.96.